The molecule has 2 fully saturated rings. The molecule has 30 heavy (non-hydrogen) atoms. The summed E-state index contributed by atoms with van der Waals surface area (Å²) in [6, 6.07) is 8.14. The molecule has 7 nitrogen and oxygen atoms in total. The smallest absolute Gasteiger partial charge is 0.228 e. The zero-order valence-electron chi connectivity index (χ0n) is 16.9. The summed E-state index contributed by atoms with van der Waals surface area (Å²) in [7, 11) is 0. The van der Waals surface area contributed by atoms with Crippen LogP contribution in [0.1, 0.15) is 25.7 Å². The predicted octanol–water partition coefficient (Wildman–Crippen LogP) is 3.36. The molecular formula is C23H27N5O2. The second kappa shape index (κ2) is 8.53. The number of rotatable bonds is 4. The molecule has 2 aromatic heterocycles. The number of anilines is 1. The number of carbonyl (C=O) groups is 1. The summed E-state index contributed by atoms with van der Waals surface area (Å²) in [5.74, 6) is 1.29. The Morgan fingerprint density at radius 2 is 1.97 bits per heavy atom. The fourth-order valence-electron chi connectivity index (χ4n) is 4.67. The van der Waals surface area contributed by atoms with Gasteiger partial charge in [0, 0.05) is 42.4 Å². The van der Waals surface area contributed by atoms with E-state index in [4.69, 9.17) is 4.74 Å². The Hall–Kier alpha value is -2.77. The molecule has 2 aliphatic rings. The van der Waals surface area contributed by atoms with Crippen LogP contribution in [0, 0.1) is 11.8 Å². The predicted molar refractivity (Wildman–Crippen MR) is 116 cm³/mol. The Balaban J connectivity index is 1.23. The van der Waals surface area contributed by atoms with Gasteiger partial charge in [-0.05, 0) is 54.7 Å². The number of amides is 1. The van der Waals surface area contributed by atoms with Crippen LogP contribution in [0.3, 0.4) is 0 Å². The second-order valence-electron chi connectivity index (χ2n) is 8.33. The first kappa shape index (κ1) is 19.2. The Labute approximate surface area is 175 Å². The first-order valence-electron chi connectivity index (χ1n) is 10.8. The maximum absolute atomic E-state index is 12.8. The molecule has 1 aromatic carbocycles. The number of carbonyl (C=O) groups excluding carboxylic acids is 1. The summed E-state index contributed by atoms with van der Waals surface area (Å²) >= 11 is 0. The minimum Gasteiger partial charge on any atom is -0.375 e. The van der Waals surface area contributed by atoms with Crippen molar-refractivity contribution in [3.8, 4) is 11.1 Å². The van der Waals surface area contributed by atoms with Gasteiger partial charge in [0.2, 0.25) is 5.91 Å². The lowest BCUT2D eigenvalue weighted by atomic mass is 9.78. The van der Waals surface area contributed by atoms with Gasteiger partial charge >= 0.3 is 0 Å². The molecule has 1 amide bonds. The molecule has 1 saturated carbocycles. The van der Waals surface area contributed by atoms with E-state index in [-0.39, 0.29) is 11.8 Å². The SMILES string of the molecule is O=C(Nc1cc2cc(-c3cn[nH]c3)ccc2cn1)[C@H]1CC[C@H](C2CNCCO2)CC1. The highest BCUT2D eigenvalue weighted by atomic mass is 16.5. The Morgan fingerprint density at radius 3 is 2.73 bits per heavy atom. The summed E-state index contributed by atoms with van der Waals surface area (Å²) in [6.07, 6.45) is 9.70. The monoisotopic (exact) mass is 405 g/mol. The average Bonchev–Trinajstić information content (AvgIpc) is 3.34. The molecular weight excluding hydrogens is 378 g/mol. The molecule has 0 radical (unpaired) electrons. The average molecular weight is 406 g/mol. The van der Waals surface area contributed by atoms with Gasteiger partial charge in [0.1, 0.15) is 5.82 Å². The highest BCUT2D eigenvalue weighted by Gasteiger charge is 2.32. The van der Waals surface area contributed by atoms with Gasteiger partial charge in [-0.25, -0.2) is 4.98 Å². The summed E-state index contributed by atoms with van der Waals surface area (Å²) in [4.78, 5) is 17.3. The number of nitrogens with zero attached hydrogens (tertiary/aromatic N) is 2. The number of aromatic amines is 1. The number of H-pyrrole nitrogens is 1. The van der Waals surface area contributed by atoms with Crippen molar-refractivity contribution in [3.05, 3.63) is 42.9 Å². The van der Waals surface area contributed by atoms with E-state index in [1.54, 1.807) is 6.20 Å². The Bertz CT molecular complexity index is 1010. The van der Waals surface area contributed by atoms with Crippen molar-refractivity contribution in [1.82, 2.24) is 20.5 Å². The van der Waals surface area contributed by atoms with Crippen molar-refractivity contribution in [2.24, 2.45) is 11.8 Å². The number of hydrogen-bond donors (Lipinski definition) is 3. The third kappa shape index (κ3) is 4.08. The van der Waals surface area contributed by atoms with Crippen molar-refractivity contribution < 1.29 is 9.53 Å². The molecule has 1 aliphatic heterocycles. The van der Waals surface area contributed by atoms with Crippen LogP contribution in [0.5, 0.6) is 0 Å². The summed E-state index contributed by atoms with van der Waals surface area (Å²) in [5.41, 5.74) is 2.12. The van der Waals surface area contributed by atoms with E-state index in [2.05, 4.69) is 37.9 Å². The van der Waals surface area contributed by atoms with Crippen molar-refractivity contribution in [2.75, 3.05) is 25.0 Å². The molecule has 156 valence electrons. The van der Waals surface area contributed by atoms with Crippen LogP contribution in [0.4, 0.5) is 5.82 Å². The van der Waals surface area contributed by atoms with Gasteiger partial charge in [-0.15, -0.1) is 0 Å². The third-order valence-electron chi connectivity index (χ3n) is 6.43. The first-order chi connectivity index (χ1) is 14.8. The molecule has 1 aliphatic carbocycles. The zero-order chi connectivity index (χ0) is 20.3. The molecule has 3 aromatic rings. The van der Waals surface area contributed by atoms with Crippen LogP contribution < -0.4 is 10.6 Å². The van der Waals surface area contributed by atoms with Crippen molar-refractivity contribution in [3.63, 3.8) is 0 Å². The molecule has 1 saturated heterocycles. The summed E-state index contributed by atoms with van der Waals surface area (Å²) in [6.45, 7) is 2.67. The number of hydrogen-bond acceptors (Lipinski definition) is 5. The summed E-state index contributed by atoms with van der Waals surface area (Å²) in [5, 5.41) is 15.4. The number of aromatic nitrogens is 3. The third-order valence-corrected chi connectivity index (χ3v) is 6.43. The number of pyridine rings is 1. The van der Waals surface area contributed by atoms with Gasteiger partial charge in [0.05, 0.1) is 18.9 Å². The van der Waals surface area contributed by atoms with Gasteiger partial charge < -0.3 is 15.4 Å². The molecule has 0 bridgehead atoms. The van der Waals surface area contributed by atoms with Gasteiger partial charge in [-0.1, -0.05) is 12.1 Å². The van der Waals surface area contributed by atoms with E-state index in [0.29, 0.717) is 17.8 Å². The normalized spacial score (nSPS) is 24.6. The highest BCUT2D eigenvalue weighted by Crippen LogP contribution is 2.33. The van der Waals surface area contributed by atoms with Gasteiger partial charge in [0.15, 0.2) is 0 Å². The molecule has 0 spiro atoms. The zero-order valence-corrected chi connectivity index (χ0v) is 16.9. The number of morpholine rings is 1. The van der Waals surface area contributed by atoms with Crippen LogP contribution in [-0.2, 0) is 9.53 Å². The fraction of sp³-hybridized carbons (Fsp3) is 0.435. The molecule has 3 heterocycles. The van der Waals surface area contributed by atoms with Crippen LogP contribution in [0.15, 0.2) is 42.9 Å². The molecule has 1 atom stereocenters. The first-order valence-corrected chi connectivity index (χ1v) is 10.8. The highest BCUT2D eigenvalue weighted by molar-refractivity contribution is 5.95. The Kier molecular flexibility index (Phi) is 5.46. The minimum atomic E-state index is 0.0487. The molecule has 3 N–H and O–H groups in total. The Morgan fingerprint density at radius 1 is 1.07 bits per heavy atom. The van der Waals surface area contributed by atoms with E-state index in [1.807, 2.05) is 24.5 Å². The van der Waals surface area contributed by atoms with E-state index in [9.17, 15) is 4.79 Å². The number of benzene rings is 1. The standard InChI is InChI=1S/C23H27N5O2/c29-23(16-3-1-15(2-4-16)21-14-24-7-8-30-21)28-22-10-19-9-17(20-12-26-27-13-20)5-6-18(19)11-25-22/h5-6,9-13,15-16,21,24H,1-4,7-8,14H2,(H,26,27)(H,25,28,29)/t15-,16-,21?. The van der Waals surface area contributed by atoms with Crippen LogP contribution in [0.25, 0.3) is 21.9 Å². The lowest BCUT2D eigenvalue weighted by Gasteiger charge is -2.35. The van der Waals surface area contributed by atoms with Crippen molar-refractivity contribution in [1.29, 1.82) is 0 Å². The van der Waals surface area contributed by atoms with Crippen LogP contribution in [-0.4, -0.2) is 46.9 Å². The number of nitrogens with one attached hydrogen (secondary N) is 3. The second-order valence-corrected chi connectivity index (χ2v) is 8.33. The van der Waals surface area contributed by atoms with E-state index in [0.717, 1.165) is 67.3 Å². The quantitative estimate of drug-likeness (QED) is 0.619. The summed E-state index contributed by atoms with van der Waals surface area (Å²) < 4.78 is 5.91. The molecule has 5 rings (SSSR count). The van der Waals surface area contributed by atoms with Gasteiger partial charge in [0.25, 0.3) is 0 Å². The fourth-order valence-corrected chi connectivity index (χ4v) is 4.67. The van der Waals surface area contributed by atoms with E-state index >= 15 is 0 Å². The number of fused-ring (bicyclic) bond motifs is 1. The van der Waals surface area contributed by atoms with E-state index < -0.39 is 0 Å². The number of ether oxygens (including phenoxy) is 1. The lowest BCUT2D eigenvalue weighted by Crippen LogP contribution is -2.44. The maximum atomic E-state index is 12.8. The van der Waals surface area contributed by atoms with Gasteiger partial charge in [-0.3, -0.25) is 9.89 Å². The minimum absolute atomic E-state index is 0.0487. The molecule has 7 heteroatoms. The largest absolute Gasteiger partial charge is 0.375 e. The van der Waals surface area contributed by atoms with Gasteiger partial charge in [-0.2, -0.15) is 5.10 Å². The van der Waals surface area contributed by atoms with E-state index in [1.165, 1.54) is 0 Å². The lowest BCUT2D eigenvalue weighted by molar-refractivity contribution is -0.121. The maximum Gasteiger partial charge on any atom is 0.228 e. The topological polar surface area (TPSA) is 91.9 Å². The van der Waals surface area contributed by atoms with Crippen molar-refractivity contribution >= 4 is 22.5 Å². The molecule has 1 unspecified atom stereocenters. The van der Waals surface area contributed by atoms with Crippen LogP contribution >= 0.6 is 0 Å². The van der Waals surface area contributed by atoms with Crippen LogP contribution in [0.2, 0.25) is 0 Å². The van der Waals surface area contributed by atoms with Crippen molar-refractivity contribution in [2.45, 2.75) is 31.8 Å².